The van der Waals surface area contributed by atoms with Gasteiger partial charge in [-0.1, -0.05) is 61.2 Å². The van der Waals surface area contributed by atoms with Gasteiger partial charge >= 0.3 is 0 Å². The van der Waals surface area contributed by atoms with Crippen LogP contribution in [0.4, 0.5) is 5.69 Å². The number of nitrogens with zero attached hydrogens (tertiary/aromatic N) is 1. The summed E-state index contributed by atoms with van der Waals surface area (Å²) in [6.07, 6.45) is 8.85. The first-order chi connectivity index (χ1) is 16.0. The molecule has 3 aromatic rings. The van der Waals surface area contributed by atoms with Crippen molar-refractivity contribution in [2.75, 3.05) is 6.61 Å². The molecule has 0 amide bonds. The Balaban J connectivity index is 1.35. The summed E-state index contributed by atoms with van der Waals surface area (Å²) in [5, 5.41) is 10.7. The molecule has 0 aromatic heterocycles. The number of nitro benzene ring substituents is 1. The molecule has 3 aromatic carbocycles. The fourth-order valence-corrected chi connectivity index (χ4v) is 3.28. The monoisotopic (exact) mass is 441 g/mol. The molecule has 0 heterocycles. The molecule has 3 rings (SSSR count). The van der Waals surface area contributed by atoms with E-state index in [1.54, 1.807) is 18.2 Å². The van der Waals surface area contributed by atoms with Gasteiger partial charge in [0.15, 0.2) is 5.78 Å². The molecule has 33 heavy (non-hydrogen) atoms. The molecular weight excluding hydrogens is 414 g/mol. The maximum atomic E-state index is 12.2. The average Bonchev–Trinajstić information content (AvgIpc) is 2.85. The van der Waals surface area contributed by atoms with Crippen LogP contribution in [-0.2, 0) is 0 Å². The molecular formula is C28H27NO4. The number of carbonyl (C=O) groups excluding carboxylic acids is 1. The Morgan fingerprint density at radius 2 is 1.39 bits per heavy atom. The number of ketones is 1. The molecule has 168 valence electrons. The molecule has 0 saturated carbocycles. The molecule has 0 atom stereocenters. The van der Waals surface area contributed by atoms with Gasteiger partial charge in [0.05, 0.1) is 11.5 Å². The molecule has 0 fully saturated rings. The van der Waals surface area contributed by atoms with E-state index >= 15 is 0 Å². The van der Waals surface area contributed by atoms with Crippen molar-refractivity contribution < 1.29 is 14.5 Å². The van der Waals surface area contributed by atoms with E-state index in [1.165, 1.54) is 12.1 Å². The van der Waals surface area contributed by atoms with Gasteiger partial charge < -0.3 is 4.74 Å². The summed E-state index contributed by atoms with van der Waals surface area (Å²) >= 11 is 0. The first-order valence-electron chi connectivity index (χ1n) is 11.0. The average molecular weight is 442 g/mol. The summed E-state index contributed by atoms with van der Waals surface area (Å²) in [6.45, 7) is 4.33. The highest BCUT2D eigenvalue weighted by molar-refractivity contribution is 5.96. The van der Waals surface area contributed by atoms with Crippen LogP contribution < -0.4 is 4.74 Å². The highest BCUT2D eigenvalue weighted by Crippen LogP contribution is 2.17. The Hall–Kier alpha value is -3.99. The van der Waals surface area contributed by atoms with Crippen molar-refractivity contribution in [1.29, 1.82) is 0 Å². The van der Waals surface area contributed by atoms with Gasteiger partial charge in [-0.15, -0.1) is 0 Å². The third-order valence-electron chi connectivity index (χ3n) is 5.24. The second kappa shape index (κ2) is 12.2. The van der Waals surface area contributed by atoms with Crippen molar-refractivity contribution in [2.45, 2.75) is 25.7 Å². The predicted octanol–water partition coefficient (Wildman–Crippen LogP) is 7.23. The number of non-ortho nitro benzene ring substituents is 1. The summed E-state index contributed by atoms with van der Waals surface area (Å²) in [7, 11) is 0. The third-order valence-corrected chi connectivity index (χ3v) is 5.24. The Morgan fingerprint density at radius 1 is 0.818 bits per heavy atom. The van der Waals surface area contributed by atoms with E-state index in [9.17, 15) is 14.9 Å². The van der Waals surface area contributed by atoms with E-state index in [2.05, 4.69) is 6.58 Å². The SMILES string of the molecule is C=Cc1ccc(C(=O)CCCCCOc2ccc(C=Cc3ccc([N+](=O)[O-])cc3)cc2)cc1. The van der Waals surface area contributed by atoms with Crippen LogP contribution in [0.25, 0.3) is 18.2 Å². The minimum atomic E-state index is -0.407. The normalized spacial score (nSPS) is 10.8. The zero-order chi connectivity index (χ0) is 23.5. The third kappa shape index (κ3) is 7.58. The van der Waals surface area contributed by atoms with E-state index in [0.29, 0.717) is 13.0 Å². The molecule has 0 aliphatic rings. The van der Waals surface area contributed by atoms with E-state index < -0.39 is 4.92 Å². The van der Waals surface area contributed by atoms with Gasteiger partial charge in [0.1, 0.15) is 5.75 Å². The summed E-state index contributed by atoms with van der Waals surface area (Å²) in [5.74, 6) is 0.977. The molecule has 0 radical (unpaired) electrons. The Labute approximate surface area is 194 Å². The van der Waals surface area contributed by atoms with Crippen LogP contribution in [0, 0.1) is 10.1 Å². The summed E-state index contributed by atoms with van der Waals surface area (Å²) in [5.41, 5.74) is 3.75. The molecule has 0 spiro atoms. The smallest absolute Gasteiger partial charge is 0.269 e. The number of hydrogen-bond donors (Lipinski definition) is 0. The molecule has 0 aliphatic heterocycles. The maximum absolute atomic E-state index is 12.2. The quantitative estimate of drug-likeness (QED) is 0.0977. The highest BCUT2D eigenvalue weighted by Gasteiger charge is 2.05. The molecule has 5 heteroatoms. The number of Topliss-reactive ketones (excluding diaryl/α,β-unsaturated/α-hetero) is 1. The fourth-order valence-electron chi connectivity index (χ4n) is 3.28. The van der Waals surface area contributed by atoms with Gasteiger partial charge in [0, 0.05) is 24.1 Å². The van der Waals surface area contributed by atoms with Gasteiger partial charge in [0.25, 0.3) is 5.69 Å². The van der Waals surface area contributed by atoms with E-state index in [1.807, 2.05) is 60.7 Å². The van der Waals surface area contributed by atoms with Gasteiger partial charge in [0.2, 0.25) is 0 Å². The van der Waals surface area contributed by atoms with Crippen LogP contribution in [0.15, 0.2) is 79.4 Å². The number of hydrogen-bond acceptors (Lipinski definition) is 4. The van der Waals surface area contributed by atoms with Crippen molar-refractivity contribution in [1.82, 2.24) is 0 Å². The van der Waals surface area contributed by atoms with Crippen LogP contribution in [0.2, 0.25) is 0 Å². The van der Waals surface area contributed by atoms with Crippen molar-refractivity contribution in [3.8, 4) is 5.75 Å². The van der Waals surface area contributed by atoms with Crippen LogP contribution in [0.5, 0.6) is 5.75 Å². The second-order valence-corrected chi connectivity index (χ2v) is 7.66. The van der Waals surface area contributed by atoms with Crippen molar-refractivity contribution in [3.05, 3.63) is 112 Å². The lowest BCUT2D eigenvalue weighted by Crippen LogP contribution is -2.01. The Bertz CT molecular complexity index is 1100. The molecule has 0 N–H and O–H groups in total. The van der Waals surface area contributed by atoms with Crippen molar-refractivity contribution in [2.24, 2.45) is 0 Å². The number of nitro groups is 1. The highest BCUT2D eigenvalue weighted by atomic mass is 16.6. The number of ether oxygens (including phenoxy) is 1. The number of rotatable bonds is 12. The first kappa shape index (κ1) is 23.7. The lowest BCUT2D eigenvalue weighted by Gasteiger charge is -2.06. The van der Waals surface area contributed by atoms with Crippen LogP contribution in [-0.4, -0.2) is 17.3 Å². The number of unbranched alkanes of at least 4 members (excludes halogenated alkanes) is 2. The van der Waals surface area contributed by atoms with Gasteiger partial charge in [-0.2, -0.15) is 0 Å². The zero-order valence-electron chi connectivity index (χ0n) is 18.5. The van der Waals surface area contributed by atoms with E-state index in [-0.39, 0.29) is 11.5 Å². The van der Waals surface area contributed by atoms with Gasteiger partial charge in [-0.05, 0) is 60.2 Å². The molecule has 0 unspecified atom stereocenters. The second-order valence-electron chi connectivity index (χ2n) is 7.66. The van der Waals surface area contributed by atoms with Crippen LogP contribution >= 0.6 is 0 Å². The number of carbonyl (C=O) groups is 1. The lowest BCUT2D eigenvalue weighted by molar-refractivity contribution is -0.384. The molecule has 0 bridgehead atoms. The Kier molecular flexibility index (Phi) is 8.71. The van der Waals surface area contributed by atoms with E-state index in [0.717, 1.165) is 47.3 Å². The molecule has 0 aliphatic carbocycles. The number of benzene rings is 3. The zero-order valence-corrected chi connectivity index (χ0v) is 18.5. The van der Waals surface area contributed by atoms with Crippen LogP contribution in [0.1, 0.15) is 52.7 Å². The lowest BCUT2D eigenvalue weighted by atomic mass is 10.0. The summed E-state index contributed by atoms with van der Waals surface area (Å²) < 4.78 is 5.79. The van der Waals surface area contributed by atoms with Crippen LogP contribution in [0.3, 0.4) is 0 Å². The van der Waals surface area contributed by atoms with Gasteiger partial charge in [-0.25, -0.2) is 0 Å². The summed E-state index contributed by atoms with van der Waals surface area (Å²) in [4.78, 5) is 22.5. The maximum Gasteiger partial charge on any atom is 0.269 e. The van der Waals surface area contributed by atoms with Crippen molar-refractivity contribution in [3.63, 3.8) is 0 Å². The Morgan fingerprint density at radius 3 is 1.97 bits per heavy atom. The molecule has 5 nitrogen and oxygen atoms in total. The fraction of sp³-hybridized carbons (Fsp3) is 0.179. The minimum absolute atomic E-state index is 0.0822. The van der Waals surface area contributed by atoms with Crippen molar-refractivity contribution >= 4 is 29.7 Å². The largest absolute Gasteiger partial charge is 0.494 e. The summed E-state index contributed by atoms with van der Waals surface area (Å²) in [6, 6.07) is 21.7. The topological polar surface area (TPSA) is 69.4 Å². The standard InChI is InChI=1S/C28H27NO4/c1-2-22-9-15-25(16-10-22)28(30)6-4-3-5-21-33-27-19-13-24(14-20-27)8-7-23-11-17-26(18-12-23)29(31)32/h2,7-20H,1,3-6,21H2. The molecule has 0 saturated heterocycles. The first-order valence-corrected chi connectivity index (χ1v) is 11.0. The minimum Gasteiger partial charge on any atom is -0.494 e. The van der Waals surface area contributed by atoms with Gasteiger partial charge in [-0.3, -0.25) is 14.9 Å². The van der Waals surface area contributed by atoms with E-state index in [4.69, 9.17) is 4.74 Å². The predicted molar refractivity (Wildman–Crippen MR) is 133 cm³/mol.